The summed E-state index contributed by atoms with van der Waals surface area (Å²) in [6.45, 7) is 5.81. The Bertz CT molecular complexity index is 265. The van der Waals surface area contributed by atoms with E-state index in [1.807, 2.05) is 20.8 Å². The maximum atomic E-state index is 10.7. The van der Waals surface area contributed by atoms with Gasteiger partial charge in [0.2, 0.25) is 0 Å². The van der Waals surface area contributed by atoms with Gasteiger partial charge in [-0.1, -0.05) is 19.0 Å². The Balaban J connectivity index is 2.87. The first-order valence-corrected chi connectivity index (χ1v) is 4.03. The summed E-state index contributed by atoms with van der Waals surface area (Å²) < 4.78 is 5.00. The van der Waals surface area contributed by atoms with Gasteiger partial charge in [-0.25, -0.2) is 0 Å². The third-order valence-corrected chi connectivity index (χ3v) is 1.84. The molecule has 3 heteroatoms. The summed E-state index contributed by atoms with van der Waals surface area (Å²) in [5.41, 5.74) is 0.817. The molecule has 0 saturated carbocycles. The number of carbonyl (C=O) groups excluding carboxylic acids is 1. The number of rotatable bonds is 3. The second-order valence-corrected chi connectivity index (χ2v) is 3.28. The van der Waals surface area contributed by atoms with E-state index in [4.69, 9.17) is 4.52 Å². The van der Waals surface area contributed by atoms with E-state index in [-0.39, 0.29) is 11.8 Å². The Kier molecular flexibility index (Phi) is 2.63. The van der Waals surface area contributed by atoms with Crippen molar-refractivity contribution in [1.29, 1.82) is 0 Å². The van der Waals surface area contributed by atoms with Crippen LogP contribution in [0.1, 0.15) is 31.2 Å². The largest absolute Gasteiger partial charge is 0.360 e. The van der Waals surface area contributed by atoms with E-state index in [2.05, 4.69) is 5.16 Å². The molecule has 12 heavy (non-hydrogen) atoms. The molecule has 0 N–H and O–H groups in total. The van der Waals surface area contributed by atoms with Gasteiger partial charge in [0, 0.05) is 6.07 Å². The first-order chi connectivity index (χ1) is 5.65. The molecule has 0 fully saturated rings. The molecule has 1 unspecified atom stereocenters. The molecule has 0 bridgehead atoms. The summed E-state index contributed by atoms with van der Waals surface area (Å²) in [4.78, 5) is 10.7. The Hall–Kier alpha value is -1.12. The van der Waals surface area contributed by atoms with E-state index in [0.717, 1.165) is 12.0 Å². The maximum Gasteiger partial charge on any atom is 0.147 e. The number of aromatic nitrogens is 1. The highest BCUT2D eigenvalue weighted by atomic mass is 16.5. The standard InChI is InChI=1S/C9H13NO2/c1-6(2)8(5-11)9-4-7(3)10-12-9/h4-6,8H,1-3H3. The molecule has 1 rings (SSSR count). The van der Waals surface area contributed by atoms with Crippen LogP contribution in [0.25, 0.3) is 0 Å². The summed E-state index contributed by atoms with van der Waals surface area (Å²) in [6, 6.07) is 1.80. The molecule has 0 spiro atoms. The molecule has 66 valence electrons. The lowest BCUT2D eigenvalue weighted by Gasteiger charge is -2.08. The Morgan fingerprint density at radius 3 is 2.58 bits per heavy atom. The smallest absolute Gasteiger partial charge is 0.147 e. The summed E-state index contributed by atoms with van der Waals surface area (Å²) in [5.74, 6) is 0.763. The van der Waals surface area contributed by atoms with Crippen LogP contribution in [-0.4, -0.2) is 11.4 Å². The second-order valence-electron chi connectivity index (χ2n) is 3.28. The fourth-order valence-electron chi connectivity index (χ4n) is 1.09. The predicted octanol–water partition coefficient (Wildman–Crippen LogP) is 1.92. The maximum absolute atomic E-state index is 10.7. The van der Waals surface area contributed by atoms with Crippen molar-refractivity contribution in [3.05, 3.63) is 17.5 Å². The van der Waals surface area contributed by atoms with Crippen LogP contribution in [0.4, 0.5) is 0 Å². The SMILES string of the molecule is Cc1cc(C(C=O)C(C)C)on1. The van der Waals surface area contributed by atoms with Crippen molar-refractivity contribution in [1.82, 2.24) is 5.16 Å². The summed E-state index contributed by atoms with van der Waals surface area (Å²) in [6.07, 6.45) is 0.907. The zero-order valence-corrected chi connectivity index (χ0v) is 7.57. The van der Waals surface area contributed by atoms with E-state index >= 15 is 0 Å². The molecule has 0 saturated heterocycles. The van der Waals surface area contributed by atoms with Crippen LogP contribution in [-0.2, 0) is 4.79 Å². The third kappa shape index (κ3) is 1.72. The van der Waals surface area contributed by atoms with E-state index in [1.54, 1.807) is 6.07 Å². The predicted molar refractivity (Wildman–Crippen MR) is 44.9 cm³/mol. The molecule has 1 aromatic rings. The molecule has 1 aromatic heterocycles. The van der Waals surface area contributed by atoms with Crippen LogP contribution in [0, 0.1) is 12.8 Å². The molecular weight excluding hydrogens is 154 g/mol. The van der Waals surface area contributed by atoms with Gasteiger partial charge in [0.15, 0.2) is 0 Å². The molecule has 0 radical (unpaired) electrons. The van der Waals surface area contributed by atoms with Gasteiger partial charge in [0.1, 0.15) is 12.0 Å². The van der Waals surface area contributed by atoms with Gasteiger partial charge in [-0.15, -0.1) is 0 Å². The van der Waals surface area contributed by atoms with Crippen molar-refractivity contribution in [2.24, 2.45) is 5.92 Å². The highest BCUT2D eigenvalue weighted by Crippen LogP contribution is 2.22. The van der Waals surface area contributed by atoms with Gasteiger partial charge < -0.3 is 9.32 Å². The molecule has 1 atom stereocenters. The summed E-state index contributed by atoms with van der Waals surface area (Å²) >= 11 is 0. The first kappa shape index (κ1) is 8.97. The Morgan fingerprint density at radius 2 is 2.25 bits per heavy atom. The molecular formula is C9H13NO2. The van der Waals surface area contributed by atoms with Crippen molar-refractivity contribution >= 4 is 6.29 Å². The van der Waals surface area contributed by atoms with Gasteiger partial charge in [0.25, 0.3) is 0 Å². The zero-order chi connectivity index (χ0) is 9.14. The van der Waals surface area contributed by atoms with Crippen LogP contribution >= 0.6 is 0 Å². The van der Waals surface area contributed by atoms with Crippen molar-refractivity contribution in [3.63, 3.8) is 0 Å². The minimum atomic E-state index is -0.161. The molecule has 0 aromatic carbocycles. The van der Waals surface area contributed by atoms with Crippen molar-refractivity contribution < 1.29 is 9.32 Å². The number of hydrogen-bond donors (Lipinski definition) is 0. The van der Waals surface area contributed by atoms with E-state index < -0.39 is 0 Å². The van der Waals surface area contributed by atoms with Crippen molar-refractivity contribution in [3.8, 4) is 0 Å². The fraction of sp³-hybridized carbons (Fsp3) is 0.556. The number of nitrogens with zero attached hydrogens (tertiary/aromatic N) is 1. The van der Waals surface area contributed by atoms with Crippen LogP contribution in [0.15, 0.2) is 10.6 Å². The number of aldehydes is 1. The normalized spacial score (nSPS) is 13.3. The van der Waals surface area contributed by atoms with E-state index in [0.29, 0.717) is 5.76 Å². The van der Waals surface area contributed by atoms with Gasteiger partial charge in [-0.2, -0.15) is 0 Å². The molecule has 0 amide bonds. The first-order valence-electron chi connectivity index (χ1n) is 4.03. The van der Waals surface area contributed by atoms with Crippen molar-refractivity contribution in [2.45, 2.75) is 26.7 Å². The third-order valence-electron chi connectivity index (χ3n) is 1.84. The lowest BCUT2D eigenvalue weighted by Crippen LogP contribution is -2.06. The summed E-state index contributed by atoms with van der Waals surface area (Å²) in [5, 5.41) is 3.73. The Morgan fingerprint density at radius 1 is 1.58 bits per heavy atom. The van der Waals surface area contributed by atoms with Crippen molar-refractivity contribution in [2.75, 3.05) is 0 Å². The fourth-order valence-corrected chi connectivity index (χ4v) is 1.09. The zero-order valence-electron chi connectivity index (χ0n) is 7.57. The van der Waals surface area contributed by atoms with Gasteiger partial charge in [-0.05, 0) is 12.8 Å². The lowest BCUT2D eigenvalue weighted by molar-refractivity contribution is -0.110. The number of carbonyl (C=O) groups is 1. The highest BCUT2D eigenvalue weighted by molar-refractivity contribution is 5.60. The summed E-state index contributed by atoms with van der Waals surface area (Å²) in [7, 11) is 0. The molecule has 3 nitrogen and oxygen atoms in total. The van der Waals surface area contributed by atoms with Crippen LogP contribution in [0.3, 0.4) is 0 Å². The minimum absolute atomic E-state index is 0.161. The quantitative estimate of drug-likeness (QED) is 0.646. The number of aryl methyl sites for hydroxylation is 1. The van der Waals surface area contributed by atoms with Gasteiger partial charge in [0.05, 0.1) is 11.6 Å². The average molecular weight is 167 g/mol. The molecule has 1 heterocycles. The Labute approximate surface area is 71.7 Å². The van der Waals surface area contributed by atoms with E-state index in [1.165, 1.54) is 0 Å². The average Bonchev–Trinajstić information content (AvgIpc) is 2.37. The highest BCUT2D eigenvalue weighted by Gasteiger charge is 2.18. The van der Waals surface area contributed by atoms with Gasteiger partial charge in [-0.3, -0.25) is 0 Å². The lowest BCUT2D eigenvalue weighted by atomic mass is 9.95. The van der Waals surface area contributed by atoms with Crippen LogP contribution in [0.5, 0.6) is 0 Å². The molecule has 0 aliphatic rings. The van der Waals surface area contributed by atoms with Crippen LogP contribution < -0.4 is 0 Å². The number of hydrogen-bond acceptors (Lipinski definition) is 3. The second kappa shape index (κ2) is 3.52. The minimum Gasteiger partial charge on any atom is -0.360 e. The monoisotopic (exact) mass is 167 g/mol. The topological polar surface area (TPSA) is 43.1 Å². The van der Waals surface area contributed by atoms with Crippen LogP contribution in [0.2, 0.25) is 0 Å². The molecule has 0 aliphatic heterocycles. The molecule has 0 aliphatic carbocycles. The van der Waals surface area contributed by atoms with E-state index in [9.17, 15) is 4.79 Å². The van der Waals surface area contributed by atoms with Gasteiger partial charge >= 0.3 is 0 Å².